The van der Waals surface area contributed by atoms with Crippen molar-refractivity contribution in [3.05, 3.63) is 42.2 Å². The van der Waals surface area contributed by atoms with Gasteiger partial charge in [-0.05, 0) is 25.6 Å². The summed E-state index contributed by atoms with van der Waals surface area (Å²) in [5.41, 5.74) is 2.52. The van der Waals surface area contributed by atoms with Crippen molar-refractivity contribution >= 4 is 0 Å². The Hall–Kier alpha value is -1.61. The van der Waals surface area contributed by atoms with Crippen LogP contribution in [0.1, 0.15) is 5.56 Å². The van der Waals surface area contributed by atoms with Gasteiger partial charge in [-0.1, -0.05) is 24.3 Å². The fourth-order valence-electron chi connectivity index (χ4n) is 1.73. The normalized spacial score (nSPS) is 10.6. The number of aryl methyl sites for hydroxylation is 1. The minimum absolute atomic E-state index is 1.01. The van der Waals surface area contributed by atoms with Crippen LogP contribution < -0.4 is 5.32 Å². The van der Waals surface area contributed by atoms with E-state index in [2.05, 4.69) is 34.6 Å². The number of benzene rings is 1. The molecule has 2 rings (SSSR count). The first kappa shape index (κ1) is 10.9. The molecule has 0 saturated heterocycles. The standard InChI is InChI=1S/C13H17N3/c1-14-8-7-11-3-5-12(6-4-11)13-15-9-10-16(13)2/h3-6,9-10,14H,7-8H2,1-2H3. The first-order chi connectivity index (χ1) is 7.81. The van der Waals surface area contributed by atoms with E-state index in [0.717, 1.165) is 18.8 Å². The Morgan fingerprint density at radius 1 is 1.25 bits per heavy atom. The highest BCUT2D eigenvalue weighted by Gasteiger charge is 2.02. The predicted molar refractivity (Wildman–Crippen MR) is 66.3 cm³/mol. The molecule has 3 heteroatoms. The number of nitrogens with one attached hydrogen (secondary N) is 1. The van der Waals surface area contributed by atoms with Gasteiger partial charge < -0.3 is 9.88 Å². The summed E-state index contributed by atoms with van der Waals surface area (Å²) in [6.45, 7) is 1.02. The fraction of sp³-hybridized carbons (Fsp3) is 0.308. The fourth-order valence-corrected chi connectivity index (χ4v) is 1.73. The summed E-state index contributed by atoms with van der Waals surface area (Å²) in [6.07, 6.45) is 4.85. The maximum Gasteiger partial charge on any atom is 0.139 e. The smallest absolute Gasteiger partial charge is 0.139 e. The van der Waals surface area contributed by atoms with E-state index in [1.807, 2.05) is 31.1 Å². The highest BCUT2D eigenvalue weighted by Crippen LogP contribution is 2.17. The van der Waals surface area contributed by atoms with Crippen LogP contribution in [0.4, 0.5) is 0 Å². The number of nitrogens with zero attached hydrogens (tertiary/aromatic N) is 2. The van der Waals surface area contributed by atoms with Gasteiger partial charge in [-0.3, -0.25) is 0 Å². The number of imidazole rings is 1. The van der Waals surface area contributed by atoms with Crippen LogP contribution in [0.3, 0.4) is 0 Å². The molecule has 1 N–H and O–H groups in total. The van der Waals surface area contributed by atoms with Crippen molar-refractivity contribution in [2.24, 2.45) is 7.05 Å². The molecule has 16 heavy (non-hydrogen) atoms. The van der Waals surface area contributed by atoms with Crippen LogP contribution in [0.5, 0.6) is 0 Å². The summed E-state index contributed by atoms with van der Waals surface area (Å²) in [5, 5.41) is 3.15. The minimum Gasteiger partial charge on any atom is -0.334 e. The molecule has 0 bridgehead atoms. The molecule has 0 saturated carbocycles. The molecule has 1 aromatic carbocycles. The van der Waals surface area contributed by atoms with Gasteiger partial charge in [0.1, 0.15) is 5.82 Å². The van der Waals surface area contributed by atoms with E-state index >= 15 is 0 Å². The molecule has 2 aromatic rings. The molecule has 0 aliphatic carbocycles. The van der Waals surface area contributed by atoms with E-state index in [0.29, 0.717) is 0 Å². The summed E-state index contributed by atoms with van der Waals surface area (Å²) in [5.74, 6) is 1.01. The highest BCUT2D eigenvalue weighted by atomic mass is 15.0. The molecular weight excluding hydrogens is 198 g/mol. The molecule has 3 nitrogen and oxygen atoms in total. The zero-order chi connectivity index (χ0) is 11.4. The molecule has 0 aliphatic rings. The number of hydrogen-bond donors (Lipinski definition) is 1. The van der Waals surface area contributed by atoms with Crippen LogP contribution in [0, 0.1) is 0 Å². The van der Waals surface area contributed by atoms with Gasteiger partial charge in [0.15, 0.2) is 0 Å². The Kier molecular flexibility index (Phi) is 3.37. The second-order valence-corrected chi connectivity index (χ2v) is 3.91. The van der Waals surface area contributed by atoms with E-state index in [-0.39, 0.29) is 0 Å². The molecular formula is C13H17N3. The van der Waals surface area contributed by atoms with Crippen molar-refractivity contribution in [2.45, 2.75) is 6.42 Å². The van der Waals surface area contributed by atoms with E-state index < -0.39 is 0 Å². The maximum absolute atomic E-state index is 4.33. The van der Waals surface area contributed by atoms with Gasteiger partial charge in [0.2, 0.25) is 0 Å². The van der Waals surface area contributed by atoms with Gasteiger partial charge in [0.05, 0.1) is 0 Å². The summed E-state index contributed by atoms with van der Waals surface area (Å²) >= 11 is 0. The van der Waals surface area contributed by atoms with Crippen LogP contribution in [-0.4, -0.2) is 23.1 Å². The molecule has 0 radical (unpaired) electrons. The summed E-state index contributed by atoms with van der Waals surface area (Å²) < 4.78 is 2.03. The van der Waals surface area contributed by atoms with E-state index in [4.69, 9.17) is 0 Å². The zero-order valence-corrected chi connectivity index (χ0v) is 9.77. The second-order valence-electron chi connectivity index (χ2n) is 3.91. The van der Waals surface area contributed by atoms with Crippen molar-refractivity contribution in [1.29, 1.82) is 0 Å². The van der Waals surface area contributed by atoms with Crippen LogP contribution in [-0.2, 0) is 13.5 Å². The van der Waals surface area contributed by atoms with Crippen molar-refractivity contribution in [1.82, 2.24) is 14.9 Å². The average Bonchev–Trinajstić information content (AvgIpc) is 2.74. The lowest BCUT2D eigenvalue weighted by molar-refractivity contribution is 0.792. The third-order valence-electron chi connectivity index (χ3n) is 2.70. The second kappa shape index (κ2) is 4.94. The zero-order valence-electron chi connectivity index (χ0n) is 9.77. The molecule has 0 fully saturated rings. The van der Waals surface area contributed by atoms with E-state index in [9.17, 15) is 0 Å². The SMILES string of the molecule is CNCCc1ccc(-c2nccn2C)cc1. The molecule has 0 atom stereocenters. The number of rotatable bonds is 4. The van der Waals surface area contributed by atoms with Gasteiger partial charge in [0, 0.05) is 25.0 Å². The summed E-state index contributed by atoms with van der Waals surface area (Å²) in [4.78, 5) is 4.33. The third-order valence-corrected chi connectivity index (χ3v) is 2.70. The Labute approximate surface area is 96.1 Å². The Morgan fingerprint density at radius 3 is 2.56 bits per heavy atom. The van der Waals surface area contributed by atoms with Gasteiger partial charge >= 0.3 is 0 Å². The van der Waals surface area contributed by atoms with Crippen LogP contribution in [0.15, 0.2) is 36.7 Å². The first-order valence-corrected chi connectivity index (χ1v) is 5.52. The molecule has 0 unspecified atom stereocenters. The summed E-state index contributed by atoms with van der Waals surface area (Å²) in [7, 11) is 3.99. The Bertz CT molecular complexity index is 442. The molecule has 0 amide bonds. The van der Waals surface area contributed by atoms with Crippen molar-refractivity contribution in [3.63, 3.8) is 0 Å². The third kappa shape index (κ3) is 2.31. The molecule has 1 heterocycles. The van der Waals surface area contributed by atoms with Gasteiger partial charge in [-0.2, -0.15) is 0 Å². The van der Waals surface area contributed by atoms with Crippen molar-refractivity contribution < 1.29 is 0 Å². The number of hydrogen-bond acceptors (Lipinski definition) is 2. The monoisotopic (exact) mass is 215 g/mol. The molecule has 1 aromatic heterocycles. The highest BCUT2D eigenvalue weighted by molar-refractivity contribution is 5.55. The average molecular weight is 215 g/mol. The van der Waals surface area contributed by atoms with Crippen molar-refractivity contribution in [2.75, 3.05) is 13.6 Å². The van der Waals surface area contributed by atoms with Crippen LogP contribution in [0.25, 0.3) is 11.4 Å². The van der Waals surface area contributed by atoms with Crippen molar-refractivity contribution in [3.8, 4) is 11.4 Å². The molecule has 0 spiro atoms. The van der Waals surface area contributed by atoms with Crippen LogP contribution in [0.2, 0.25) is 0 Å². The largest absolute Gasteiger partial charge is 0.334 e. The first-order valence-electron chi connectivity index (χ1n) is 5.52. The quantitative estimate of drug-likeness (QED) is 0.843. The Balaban J connectivity index is 2.16. The van der Waals surface area contributed by atoms with Crippen LogP contribution >= 0.6 is 0 Å². The van der Waals surface area contributed by atoms with Gasteiger partial charge in [-0.25, -0.2) is 4.98 Å². The summed E-state index contributed by atoms with van der Waals surface area (Å²) in [6, 6.07) is 8.60. The maximum atomic E-state index is 4.33. The molecule has 0 aliphatic heterocycles. The van der Waals surface area contributed by atoms with E-state index in [1.54, 1.807) is 0 Å². The van der Waals surface area contributed by atoms with Gasteiger partial charge in [-0.15, -0.1) is 0 Å². The topological polar surface area (TPSA) is 29.9 Å². The number of likely N-dealkylation sites (N-methyl/N-ethyl adjacent to an activating group) is 1. The van der Waals surface area contributed by atoms with E-state index in [1.165, 1.54) is 11.1 Å². The minimum atomic E-state index is 1.01. The lowest BCUT2D eigenvalue weighted by Gasteiger charge is -2.04. The lowest BCUT2D eigenvalue weighted by atomic mass is 10.1. The van der Waals surface area contributed by atoms with Gasteiger partial charge in [0.25, 0.3) is 0 Å². The lowest BCUT2D eigenvalue weighted by Crippen LogP contribution is -2.10. The predicted octanol–water partition coefficient (Wildman–Crippen LogP) is 1.85. The molecule has 84 valence electrons. The number of aromatic nitrogens is 2. The Morgan fingerprint density at radius 2 is 2.00 bits per heavy atom.